The first-order valence-corrected chi connectivity index (χ1v) is 13.3. The van der Waals surface area contributed by atoms with Crippen LogP contribution in [0.1, 0.15) is 48.2 Å². The number of piperidine rings is 1. The van der Waals surface area contributed by atoms with Crippen molar-refractivity contribution in [3.05, 3.63) is 52.0 Å². The van der Waals surface area contributed by atoms with Crippen molar-refractivity contribution >= 4 is 39.3 Å². The molecule has 0 spiro atoms. The molecule has 1 amide bonds. The van der Waals surface area contributed by atoms with Gasteiger partial charge in [0.25, 0.3) is 0 Å². The number of nitrogens with zero attached hydrogens (tertiary/aromatic N) is 3. The van der Waals surface area contributed by atoms with Crippen LogP contribution >= 0.6 is 11.6 Å². The van der Waals surface area contributed by atoms with Crippen LogP contribution in [0.25, 0.3) is 0 Å². The lowest BCUT2D eigenvalue weighted by Gasteiger charge is -2.32. The smallest absolute Gasteiger partial charge is 0.343 e. The first-order valence-electron chi connectivity index (χ1n) is 11.3. The monoisotopic (exact) mass is 534 g/mol. The third kappa shape index (κ3) is 6.86. The van der Waals surface area contributed by atoms with E-state index in [0.717, 1.165) is 0 Å². The molecule has 10 nitrogen and oxygen atoms in total. The minimum Gasteiger partial charge on any atom is -0.480 e. The Labute approximate surface area is 215 Å². The van der Waals surface area contributed by atoms with Crippen LogP contribution in [0.15, 0.2) is 30.3 Å². The molecule has 2 aromatic rings. The van der Waals surface area contributed by atoms with E-state index in [1.807, 2.05) is 4.90 Å². The zero-order valence-corrected chi connectivity index (χ0v) is 21.7. The summed E-state index contributed by atoms with van der Waals surface area (Å²) >= 11 is 5.83. The van der Waals surface area contributed by atoms with E-state index in [-0.39, 0.29) is 28.9 Å². The minimum atomic E-state index is -3.88. The van der Waals surface area contributed by atoms with Gasteiger partial charge in [0.1, 0.15) is 11.6 Å². The van der Waals surface area contributed by atoms with Crippen molar-refractivity contribution in [1.82, 2.24) is 9.71 Å². The number of hydrogen-bond donors (Lipinski definition) is 1. The van der Waals surface area contributed by atoms with Gasteiger partial charge in [0, 0.05) is 24.0 Å². The summed E-state index contributed by atoms with van der Waals surface area (Å²) in [6.45, 7) is 4.13. The van der Waals surface area contributed by atoms with E-state index >= 15 is 0 Å². The van der Waals surface area contributed by atoms with Crippen LogP contribution in [0.5, 0.6) is 5.88 Å². The Morgan fingerprint density at radius 3 is 2.44 bits per heavy atom. The number of pyridine rings is 1. The van der Waals surface area contributed by atoms with Gasteiger partial charge in [-0.15, -0.1) is 0 Å². The lowest BCUT2D eigenvalue weighted by molar-refractivity contribution is -0.123. The number of nitriles is 1. The number of carbonyl (C=O) groups is 2. The number of amides is 1. The van der Waals surface area contributed by atoms with Crippen molar-refractivity contribution in [2.45, 2.75) is 38.5 Å². The van der Waals surface area contributed by atoms with Crippen LogP contribution in [-0.2, 0) is 25.3 Å². The molecular weight excluding hydrogens is 508 g/mol. The quantitative estimate of drug-likeness (QED) is 0.506. The molecule has 2 heterocycles. The van der Waals surface area contributed by atoms with Crippen molar-refractivity contribution in [2.75, 3.05) is 25.1 Å². The van der Waals surface area contributed by atoms with E-state index < -0.39 is 27.8 Å². The normalized spacial score (nSPS) is 14.3. The molecule has 3 rings (SSSR count). The fourth-order valence-corrected chi connectivity index (χ4v) is 5.12. The van der Waals surface area contributed by atoms with Gasteiger partial charge in [-0.3, -0.25) is 9.52 Å². The van der Waals surface area contributed by atoms with Crippen molar-refractivity contribution in [1.29, 1.82) is 5.26 Å². The minimum absolute atomic E-state index is 0.0304. The van der Waals surface area contributed by atoms with Crippen molar-refractivity contribution in [3.63, 3.8) is 0 Å². The maximum atomic E-state index is 12.7. The number of halogens is 1. The lowest BCUT2D eigenvalue weighted by Crippen LogP contribution is -2.43. The van der Waals surface area contributed by atoms with Gasteiger partial charge in [-0.05, 0) is 50.5 Å². The third-order valence-corrected chi connectivity index (χ3v) is 7.01. The number of ether oxygens (including phenoxy) is 2. The van der Waals surface area contributed by atoms with Gasteiger partial charge < -0.3 is 14.4 Å². The SMILES string of the molecule is COc1nc(N2CCC(C(=O)NS(=O)(=O)Cc3ccc(Cl)cc3)CC2)c(C#N)cc1C(=O)OC(C)C. The molecule has 192 valence electrons. The summed E-state index contributed by atoms with van der Waals surface area (Å²) < 4.78 is 37.5. The second-order valence-corrected chi connectivity index (χ2v) is 10.8. The molecule has 0 unspecified atom stereocenters. The fraction of sp³-hybridized carbons (Fsp3) is 0.417. The molecule has 0 aliphatic carbocycles. The second kappa shape index (κ2) is 11.6. The van der Waals surface area contributed by atoms with E-state index in [1.165, 1.54) is 13.2 Å². The topological polar surface area (TPSA) is 139 Å². The summed E-state index contributed by atoms with van der Waals surface area (Å²) in [6, 6.07) is 9.78. The highest BCUT2D eigenvalue weighted by molar-refractivity contribution is 7.89. The molecular formula is C24H27ClN4O6S. The molecule has 1 aliphatic rings. The van der Waals surface area contributed by atoms with Crippen LogP contribution in [-0.4, -0.2) is 51.6 Å². The number of benzene rings is 1. The average Bonchev–Trinajstić information content (AvgIpc) is 2.83. The van der Waals surface area contributed by atoms with Crippen LogP contribution in [0.3, 0.4) is 0 Å². The molecule has 0 bridgehead atoms. The molecule has 0 atom stereocenters. The maximum Gasteiger partial charge on any atom is 0.343 e. The summed E-state index contributed by atoms with van der Waals surface area (Å²) in [4.78, 5) is 31.2. The molecule has 1 saturated heterocycles. The van der Waals surface area contributed by atoms with E-state index in [9.17, 15) is 23.3 Å². The molecule has 0 radical (unpaired) electrons. The first kappa shape index (κ1) is 27.2. The van der Waals surface area contributed by atoms with Crippen LogP contribution in [0.2, 0.25) is 5.02 Å². The Kier molecular flexibility index (Phi) is 8.76. The number of esters is 1. The Hall–Kier alpha value is -3.36. The van der Waals surface area contributed by atoms with Crippen LogP contribution in [0, 0.1) is 17.2 Å². The Balaban J connectivity index is 1.67. The number of carbonyl (C=O) groups excluding carboxylic acids is 2. The number of methoxy groups -OCH3 is 1. The maximum absolute atomic E-state index is 12.7. The Morgan fingerprint density at radius 2 is 1.89 bits per heavy atom. The number of rotatable bonds is 8. The van der Waals surface area contributed by atoms with Crippen molar-refractivity contribution in [3.8, 4) is 11.9 Å². The summed E-state index contributed by atoms with van der Waals surface area (Å²) in [5.74, 6) is -1.72. The predicted octanol–water partition coefficient (Wildman–Crippen LogP) is 3.04. The summed E-state index contributed by atoms with van der Waals surface area (Å²) in [5, 5.41) is 10.1. The van der Waals surface area contributed by atoms with Gasteiger partial charge in [0.05, 0.1) is 24.5 Å². The summed E-state index contributed by atoms with van der Waals surface area (Å²) in [7, 11) is -2.51. The zero-order chi connectivity index (χ0) is 26.5. The van der Waals surface area contributed by atoms with Crippen LogP contribution < -0.4 is 14.4 Å². The fourth-order valence-electron chi connectivity index (χ4n) is 3.82. The molecule has 1 N–H and O–H groups in total. The molecule has 12 heteroatoms. The van der Waals surface area contributed by atoms with Crippen molar-refractivity contribution in [2.24, 2.45) is 5.92 Å². The zero-order valence-electron chi connectivity index (χ0n) is 20.2. The first-order chi connectivity index (χ1) is 17.0. The molecule has 1 fully saturated rings. The highest BCUT2D eigenvalue weighted by Crippen LogP contribution is 2.30. The Bertz CT molecular complexity index is 1270. The molecule has 36 heavy (non-hydrogen) atoms. The molecule has 0 saturated carbocycles. The summed E-state index contributed by atoms with van der Waals surface area (Å²) in [6.07, 6.45) is 0.357. The van der Waals surface area contributed by atoms with Gasteiger partial charge in [-0.2, -0.15) is 10.2 Å². The van der Waals surface area contributed by atoms with Gasteiger partial charge >= 0.3 is 5.97 Å². The van der Waals surface area contributed by atoms with Crippen LogP contribution in [0.4, 0.5) is 5.82 Å². The van der Waals surface area contributed by atoms with E-state index in [2.05, 4.69) is 15.8 Å². The average molecular weight is 535 g/mol. The highest BCUT2D eigenvalue weighted by Gasteiger charge is 2.30. The molecule has 1 aromatic heterocycles. The van der Waals surface area contributed by atoms with Gasteiger partial charge in [0.2, 0.25) is 21.8 Å². The highest BCUT2D eigenvalue weighted by atomic mass is 35.5. The number of anilines is 1. The number of sulfonamides is 1. The standard InChI is InChI=1S/C24H27ClN4O6S/c1-15(2)35-24(31)20-12-18(13-26)21(27-23(20)34-3)29-10-8-17(9-11-29)22(30)28-36(32,33)14-16-4-6-19(25)7-5-16/h4-7,12,15,17H,8-11,14H2,1-3H3,(H,28,30). The second-order valence-electron chi connectivity index (χ2n) is 8.60. The van der Waals surface area contributed by atoms with E-state index in [0.29, 0.717) is 42.3 Å². The van der Waals surface area contributed by atoms with Gasteiger partial charge in [0.15, 0.2) is 5.82 Å². The summed E-state index contributed by atoms with van der Waals surface area (Å²) in [5.41, 5.74) is 0.728. The molecule has 1 aliphatic heterocycles. The van der Waals surface area contributed by atoms with Gasteiger partial charge in [-0.1, -0.05) is 23.7 Å². The van der Waals surface area contributed by atoms with Crippen molar-refractivity contribution < 1.29 is 27.5 Å². The third-order valence-electron chi connectivity index (χ3n) is 5.54. The largest absolute Gasteiger partial charge is 0.480 e. The number of aromatic nitrogens is 1. The van der Waals surface area contributed by atoms with E-state index in [4.69, 9.17) is 21.1 Å². The molecule has 1 aromatic carbocycles. The number of hydrogen-bond acceptors (Lipinski definition) is 9. The lowest BCUT2D eigenvalue weighted by atomic mass is 9.96. The van der Waals surface area contributed by atoms with E-state index in [1.54, 1.807) is 38.1 Å². The van der Waals surface area contributed by atoms with Gasteiger partial charge in [-0.25, -0.2) is 13.2 Å². The Morgan fingerprint density at radius 1 is 1.25 bits per heavy atom. The number of nitrogens with one attached hydrogen (secondary N) is 1. The predicted molar refractivity (Wildman–Crippen MR) is 133 cm³/mol.